The summed E-state index contributed by atoms with van der Waals surface area (Å²) in [5, 5.41) is 1.13. The Kier molecular flexibility index (Phi) is 2.37. The molecule has 2 aromatic rings. The number of nitrogens with two attached hydrogens (primary N) is 1. The monoisotopic (exact) mass is 240 g/mol. The van der Waals surface area contributed by atoms with Gasteiger partial charge < -0.3 is 5.73 Å². The average Bonchev–Trinajstić information content (AvgIpc) is 2.75. The van der Waals surface area contributed by atoms with Crippen LogP contribution in [0.5, 0.6) is 0 Å². The summed E-state index contributed by atoms with van der Waals surface area (Å²) in [6.45, 7) is 6.69. The molecule has 94 valence electrons. The van der Waals surface area contributed by atoms with Gasteiger partial charge in [0.15, 0.2) is 0 Å². The van der Waals surface area contributed by atoms with Crippen LogP contribution in [0.15, 0.2) is 18.2 Å². The van der Waals surface area contributed by atoms with Crippen LogP contribution in [-0.2, 0) is 18.3 Å². The third-order valence-electron chi connectivity index (χ3n) is 3.89. The highest BCUT2D eigenvalue weighted by Crippen LogP contribution is 2.36. The van der Waals surface area contributed by atoms with Crippen molar-refractivity contribution >= 4 is 16.6 Å². The minimum atomic E-state index is 0.103. The average molecular weight is 240 g/mol. The van der Waals surface area contributed by atoms with E-state index in [9.17, 15) is 0 Å². The summed E-state index contributed by atoms with van der Waals surface area (Å²) >= 11 is 0. The predicted molar refractivity (Wildman–Crippen MR) is 76.9 cm³/mol. The third kappa shape index (κ3) is 1.59. The Morgan fingerprint density at radius 1 is 1.17 bits per heavy atom. The van der Waals surface area contributed by atoms with Crippen molar-refractivity contribution < 1.29 is 0 Å². The molecule has 1 aromatic carbocycles. The number of aromatic nitrogens is 1. The molecule has 2 nitrogen and oxygen atoms in total. The first-order chi connectivity index (χ1) is 8.48. The van der Waals surface area contributed by atoms with Gasteiger partial charge in [0.05, 0.1) is 5.52 Å². The Balaban J connectivity index is 2.39. The van der Waals surface area contributed by atoms with Crippen molar-refractivity contribution in [3.05, 3.63) is 35.0 Å². The number of hydrogen-bond acceptors (Lipinski definition) is 2. The van der Waals surface area contributed by atoms with Gasteiger partial charge in [0.1, 0.15) is 0 Å². The molecule has 2 heteroatoms. The highest BCUT2D eigenvalue weighted by atomic mass is 14.8. The number of rotatable bonds is 0. The van der Waals surface area contributed by atoms with Gasteiger partial charge in [-0.3, -0.25) is 4.98 Å². The number of nitrogen functional groups attached to an aromatic ring is 1. The minimum Gasteiger partial charge on any atom is -0.398 e. The van der Waals surface area contributed by atoms with E-state index in [0.717, 1.165) is 29.4 Å². The maximum absolute atomic E-state index is 6.34. The molecule has 0 spiro atoms. The van der Waals surface area contributed by atoms with Gasteiger partial charge in [0.2, 0.25) is 0 Å². The lowest BCUT2D eigenvalue weighted by Gasteiger charge is -2.21. The Labute approximate surface area is 108 Å². The first kappa shape index (κ1) is 11.5. The summed E-state index contributed by atoms with van der Waals surface area (Å²) in [6, 6.07) is 6.38. The van der Waals surface area contributed by atoms with E-state index in [-0.39, 0.29) is 5.41 Å². The molecule has 1 heterocycles. The summed E-state index contributed by atoms with van der Waals surface area (Å²) in [6.07, 6.45) is 3.35. The lowest BCUT2D eigenvalue weighted by atomic mass is 9.85. The van der Waals surface area contributed by atoms with E-state index in [2.05, 4.69) is 39.0 Å². The second-order valence-corrected chi connectivity index (χ2v) is 6.26. The van der Waals surface area contributed by atoms with Crippen LogP contribution >= 0.6 is 0 Å². The molecule has 0 bridgehead atoms. The maximum atomic E-state index is 6.34. The summed E-state index contributed by atoms with van der Waals surface area (Å²) in [4.78, 5) is 4.90. The number of pyridine rings is 1. The van der Waals surface area contributed by atoms with Crippen molar-refractivity contribution in [1.82, 2.24) is 4.98 Å². The van der Waals surface area contributed by atoms with E-state index >= 15 is 0 Å². The molecule has 0 unspecified atom stereocenters. The van der Waals surface area contributed by atoms with Crippen molar-refractivity contribution in [1.29, 1.82) is 0 Å². The van der Waals surface area contributed by atoms with Gasteiger partial charge >= 0.3 is 0 Å². The predicted octanol–water partition coefficient (Wildman–Crippen LogP) is 3.60. The quantitative estimate of drug-likeness (QED) is 0.764. The number of nitrogens with zero attached hydrogens (tertiary/aromatic N) is 1. The van der Waals surface area contributed by atoms with Gasteiger partial charge in [-0.1, -0.05) is 39.0 Å². The molecule has 0 aliphatic heterocycles. The number of anilines is 1. The summed E-state index contributed by atoms with van der Waals surface area (Å²) in [7, 11) is 0. The molecule has 3 rings (SSSR count). The van der Waals surface area contributed by atoms with E-state index in [1.807, 2.05) is 0 Å². The van der Waals surface area contributed by atoms with Crippen LogP contribution in [0, 0.1) is 0 Å². The second-order valence-electron chi connectivity index (χ2n) is 6.26. The van der Waals surface area contributed by atoms with Gasteiger partial charge in [0, 0.05) is 16.8 Å². The molecule has 0 amide bonds. The van der Waals surface area contributed by atoms with Crippen LogP contribution < -0.4 is 5.73 Å². The highest BCUT2D eigenvalue weighted by Gasteiger charge is 2.22. The number of aryl methyl sites for hydroxylation is 1. The smallest absolute Gasteiger partial charge is 0.0763 e. The molecule has 18 heavy (non-hydrogen) atoms. The normalized spacial score (nSPS) is 15.1. The first-order valence-corrected chi connectivity index (χ1v) is 6.69. The summed E-state index contributed by atoms with van der Waals surface area (Å²) in [5.74, 6) is 0. The lowest BCUT2D eigenvalue weighted by Crippen LogP contribution is -2.13. The first-order valence-electron chi connectivity index (χ1n) is 6.69. The zero-order valence-corrected chi connectivity index (χ0v) is 11.4. The molecule has 1 aliphatic carbocycles. The van der Waals surface area contributed by atoms with E-state index in [1.54, 1.807) is 0 Å². The van der Waals surface area contributed by atoms with Crippen molar-refractivity contribution in [3.63, 3.8) is 0 Å². The topological polar surface area (TPSA) is 38.9 Å². The van der Waals surface area contributed by atoms with Crippen LogP contribution in [0.25, 0.3) is 10.9 Å². The molecular weight excluding hydrogens is 220 g/mol. The van der Waals surface area contributed by atoms with Gasteiger partial charge in [-0.2, -0.15) is 0 Å². The molecular formula is C16H20N2. The maximum Gasteiger partial charge on any atom is 0.0763 e. The second kappa shape index (κ2) is 3.71. The van der Waals surface area contributed by atoms with Crippen LogP contribution in [0.3, 0.4) is 0 Å². The standard InChI is InChI=1S/C16H20N2/c1-16(2,3)12-8-4-7-11-14(17)10-6-5-9-13(10)18-15(11)12/h4,7-8H,5-6,9H2,1-3H3,(H2,17,18). The van der Waals surface area contributed by atoms with E-state index in [4.69, 9.17) is 10.7 Å². The van der Waals surface area contributed by atoms with E-state index < -0.39 is 0 Å². The van der Waals surface area contributed by atoms with Gasteiger partial charge in [-0.05, 0) is 35.8 Å². The zero-order valence-electron chi connectivity index (χ0n) is 11.4. The van der Waals surface area contributed by atoms with Gasteiger partial charge in [0.25, 0.3) is 0 Å². The third-order valence-corrected chi connectivity index (χ3v) is 3.89. The van der Waals surface area contributed by atoms with E-state index in [1.165, 1.54) is 23.2 Å². The number of hydrogen-bond donors (Lipinski definition) is 1. The lowest BCUT2D eigenvalue weighted by molar-refractivity contribution is 0.594. The van der Waals surface area contributed by atoms with Crippen LogP contribution in [0.1, 0.15) is 44.0 Å². The van der Waals surface area contributed by atoms with Gasteiger partial charge in [-0.25, -0.2) is 0 Å². The molecule has 1 aromatic heterocycles. The fourth-order valence-electron chi connectivity index (χ4n) is 2.93. The SMILES string of the molecule is CC(C)(C)c1cccc2c(N)c3c(nc12)CCC3. The molecule has 1 aliphatic rings. The Morgan fingerprint density at radius 2 is 1.94 bits per heavy atom. The summed E-state index contributed by atoms with van der Waals surface area (Å²) in [5.41, 5.74) is 12.3. The van der Waals surface area contributed by atoms with Crippen molar-refractivity contribution in [2.24, 2.45) is 0 Å². The van der Waals surface area contributed by atoms with Crippen LogP contribution in [0.4, 0.5) is 5.69 Å². The molecule has 0 fully saturated rings. The molecule has 0 saturated carbocycles. The Hall–Kier alpha value is -1.57. The van der Waals surface area contributed by atoms with E-state index in [0.29, 0.717) is 0 Å². The zero-order chi connectivity index (χ0) is 12.9. The molecule has 0 saturated heterocycles. The highest BCUT2D eigenvalue weighted by molar-refractivity contribution is 5.94. The van der Waals surface area contributed by atoms with Crippen molar-refractivity contribution in [3.8, 4) is 0 Å². The molecule has 0 radical (unpaired) electrons. The number of benzene rings is 1. The van der Waals surface area contributed by atoms with Crippen molar-refractivity contribution in [2.45, 2.75) is 45.4 Å². The molecule has 0 atom stereocenters. The van der Waals surface area contributed by atoms with Crippen LogP contribution in [0.2, 0.25) is 0 Å². The van der Waals surface area contributed by atoms with Crippen LogP contribution in [-0.4, -0.2) is 4.98 Å². The fraction of sp³-hybridized carbons (Fsp3) is 0.438. The minimum absolute atomic E-state index is 0.103. The van der Waals surface area contributed by atoms with Crippen molar-refractivity contribution in [2.75, 3.05) is 5.73 Å². The van der Waals surface area contributed by atoms with Gasteiger partial charge in [-0.15, -0.1) is 0 Å². The largest absolute Gasteiger partial charge is 0.398 e. The number of para-hydroxylation sites is 1. The number of fused-ring (bicyclic) bond motifs is 2. The Morgan fingerprint density at radius 3 is 2.67 bits per heavy atom. The molecule has 2 N–H and O–H groups in total. The summed E-state index contributed by atoms with van der Waals surface area (Å²) < 4.78 is 0. The fourth-order valence-corrected chi connectivity index (χ4v) is 2.93. The Bertz CT molecular complexity index is 621.